The van der Waals surface area contributed by atoms with Gasteiger partial charge in [-0.05, 0) is 73.5 Å². The van der Waals surface area contributed by atoms with Gasteiger partial charge in [-0.1, -0.05) is 54.6 Å². The quantitative estimate of drug-likeness (QED) is 0.268. The van der Waals surface area contributed by atoms with Gasteiger partial charge in [0.15, 0.2) is 17.5 Å². The third kappa shape index (κ3) is 3.94. The molecule has 5 aromatic rings. The summed E-state index contributed by atoms with van der Waals surface area (Å²) in [6, 6.07) is 34.7. The molecule has 2 aliphatic heterocycles. The maximum absolute atomic E-state index is 5.65. The Morgan fingerprint density at radius 1 is 0.800 bits per heavy atom. The van der Waals surface area contributed by atoms with Crippen LogP contribution in [0.25, 0.3) is 5.69 Å². The zero-order valence-electron chi connectivity index (χ0n) is 22.5. The fraction of sp³-hybridized carbons (Fsp3) is 0.121. The highest BCUT2D eigenvalue weighted by Crippen LogP contribution is 2.48. The number of nitrogens with one attached hydrogen (secondary N) is 1. The molecule has 7 heteroatoms. The van der Waals surface area contributed by atoms with Crippen molar-refractivity contribution < 1.29 is 4.74 Å². The predicted octanol–water partition coefficient (Wildman–Crippen LogP) is 7.29. The third-order valence-electron chi connectivity index (χ3n) is 7.33. The number of methoxy groups -OCH3 is 1. The van der Waals surface area contributed by atoms with Gasteiger partial charge in [0.1, 0.15) is 5.75 Å². The molecule has 1 N–H and O–H groups in total. The number of aromatic nitrogens is 2. The van der Waals surface area contributed by atoms with Crippen molar-refractivity contribution in [2.24, 2.45) is 9.98 Å². The number of benzene rings is 4. The van der Waals surface area contributed by atoms with Crippen LogP contribution in [-0.2, 0) is 0 Å². The lowest BCUT2D eigenvalue weighted by atomic mass is 9.93. The van der Waals surface area contributed by atoms with Crippen LogP contribution in [0, 0.1) is 13.8 Å². The lowest BCUT2D eigenvalue weighted by Gasteiger charge is -2.40. The molecule has 1 aromatic heterocycles. The molecule has 0 bridgehead atoms. The van der Waals surface area contributed by atoms with Crippen LogP contribution in [-0.4, -0.2) is 28.6 Å². The molecule has 0 radical (unpaired) electrons. The predicted molar refractivity (Wildman–Crippen MR) is 161 cm³/mol. The summed E-state index contributed by atoms with van der Waals surface area (Å²) in [5, 5.41) is 8.58. The molecule has 7 rings (SSSR count). The molecule has 0 aliphatic carbocycles. The molecular weight excluding hydrogens is 496 g/mol. The standard InChI is InChI=1S/C33H28N6O/c1-21-11-9-13-24(19-21)34-31-33-36-32-29(22(2)37-39(32)25-14-5-4-6-15-25)30(23-12-10-16-26(20-23)40-3)38(33)28-18-8-7-17-27(28)35-31/h4-20,30H,1-3H3,(H,34,35). The Bertz CT molecular complexity index is 1800. The van der Waals surface area contributed by atoms with E-state index in [0.29, 0.717) is 5.84 Å². The first-order valence-electron chi connectivity index (χ1n) is 13.3. The fourth-order valence-corrected chi connectivity index (χ4v) is 5.53. The van der Waals surface area contributed by atoms with Gasteiger partial charge in [-0.25, -0.2) is 14.7 Å². The van der Waals surface area contributed by atoms with Crippen molar-refractivity contribution in [3.63, 3.8) is 0 Å². The third-order valence-corrected chi connectivity index (χ3v) is 7.33. The van der Waals surface area contributed by atoms with E-state index in [1.165, 1.54) is 5.56 Å². The van der Waals surface area contributed by atoms with E-state index in [9.17, 15) is 0 Å². The zero-order valence-corrected chi connectivity index (χ0v) is 22.5. The van der Waals surface area contributed by atoms with Gasteiger partial charge in [0.25, 0.3) is 0 Å². The number of para-hydroxylation sites is 3. The molecule has 196 valence electrons. The van der Waals surface area contributed by atoms with E-state index in [1.807, 2.05) is 65.3 Å². The van der Waals surface area contributed by atoms with Gasteiger partial charge in [0.05, 0.1) is 35.9 Å². The average Bonchev–Trinajstić information content (AvgIpc) is 3.32. The minimum atomic E-state index is -0.207. The highest BCUT2D eigenvalue weighted by molar-refractivity contribution is 6.51. The molecule has 4 aromatic carbocycles. The van der Waals surface area contributed by atoms with Crippen LogP contribution >= 0.6 is 0 Å². The molecule has 2 aliphatic rings. The van der Waals surface area contributed by atoms with Gasteiger partial charge in [0.2, 0.25) is 0 Å². The second kappa shape index (κ2) is 9.54. The number of nitrogens with zero attached hydrogens (tertiary/aromatic N) is 5. The molecule has 7 nitrogen and oxygen atoms in total. The van der Waals surface area contributed by atoms with Crippen LogP contribution in [0.1, 0.15) is 28.4 Å². The van der Waals surface area contributed by atoms with Crippen molar-refractivity contribution in [1.29, 1.82) is 0 Å². The van der Waals surface area contributed by atoms with Crippen molar-refractivity contribution in [1.82, 2.24) is 9.78 Å². The zero-order chi connectivity index (χ0) is 27.2. The minimum absolute atomic E-state index is 0.207. The fourth-order valence-electron chi connectivity index (χ4n) is 5.53. The Morgan fingerprint density at radius 3 is 2.42 bits per heavy atom. The largest absolute Gasteiger partial charge is 0.497 e. The first-order chi connectivity index (χ1) is 19.6. The summed E-state index contributed by atoms with van der Waals surface area (Å²) in [6.45, 7) is 4.14. The Morgan fingerprint density at radius 2 is 1.60 bits per heavy atom. The van der Waals surface area contributed by atoms with E-state index in [-0.39, 0.29) is 6.04 Å². The van der Waals surface area contributed by atoms with Crippen molar-refractivity contribution in [3.05, 3.63) is 126 Å². The summed E-state index contributed by atoms with van der Waals surface area (Å²) in [6.07, 6.45) is 0. The van der Waals surface area contributed by atoms with Crippen molar-refractivity contribution in [3.8, 4) is 11.4 Å². The normalized spacial score (nSPS) is 15.4. The van der Waals surface area contributed by atoms with Crippen molar-refractivity contribution in [2.75, 3.05) is 17.3 Å². The molecule has 0 spiro atoms. The van der Waals surface area contributed by atoms with E-state index in [1.54, 1.807) is 7.11 Å². The molecule has 1 unspecified atom stereocenters. The number of aryl methyl sites for hydroxylation is 2. The van der Waals surface area contributed by atoms with Crippen molar-refractivity contribution >= 4 is 34.6 Å². The summed E-state index contributed by atoms with van der Waals surface area (Å²) < 4.78 is 7.59. The van der Waals surface area contributed by atoms with Gasteiger partial charge in [-0.2, -0.15) is 5.10 Å². The second-order valence-corrected chi connectivity index (χ2v) is 10.00. The molecule has 0 saturated heterocycles. The Hall–Kier alpha value is -5.17. The Kier molecular flexibility index (Phi) is 5.70. The molecule has 0 fully saturated rings. The first kappa shape index (κ1) is 23.9. The summed E-state index contributed by atoms with van der Waals surface area (Å²) in [7, 11) is 1.70. The number of rotatable bonds is 4. The molecule has 1 atom stereocenters. The highest BCUT2D eigenvalue weighted by atomic mass is 16.5. The molecule has 0 amide bonds. The average molecular weight is 525 g/mol. The summed E-state index contributed by atoms with van der Waals surface area (Å²) in [5.74, 6) is 3.01. The van der Waals surface area contributed by atoms with Gasteiger partial charge >= 0.3 is 0 Å². The minimum Gasteiger partial charge on any atom is -0.497 e. The molecule has 0 saturated carbocycles. The van der Waals surface area contributed by atoms with E-state index >= 15 is 0 Å². The molecule has 3 heterocycles. The number of ether oxygens (including phenoxy) is 1. The van der Waals surface area contributed by atoms with Crippen LogP contribution in [0.5, 0.6) is 5.75 Å². The van der Waals surface area contributed by atoms with Crippen LogP contribution in [0.2, 0.25) is 0 Å². The topological polar surface area (TPSA) is 67.0 Å². The van der Waals surface area contributed by atoms with Crippen LogP contribution in [0.3, 0.4) is 0 Å². The van der Waals surface area contributed by atoms with Gasteiger partial charge in [-0.15, -0.1) is 0 Å². The molecule has 40 heavy (non-hydrogen) atoms. The number of aliphatic imine (C=N–C) groups is 2. The monoisotopic (exact) mass is 524 g/mol. The number of anilines is 2. The number of hydrogen-bond acceptors (Lipinski definition) is 6. The van der Waals surface area contributed by atoms with Crippen LogP contribution < -0.4 is 15.0 Å². The van der Waals surface area contributed by atoms with E-state index in [0.717, 1.165) is 57.0 Å². The van der Waals surface area contributed by atoms with Gasteiger partial charge < -0.3 is 15.0 Å². The maximum atomic E-state index is 5.65. The van der Waals surface area contributed by atoms with Crippen molar-refractivity contribution in [2.45, 2.75) is 19.9 Å². The lowest BCUT2D eigenvalue weighted by Crippen LogP contribution is -2.46. The Balaban J connectivity index is 1.50. The summed E-state index contributed by atoms with van der Waals surface area (Å²) in [5.41, 5.74) is 7.99. The van der Waals surface area contributed by atoms with Crippen LogP contribution in [0.4, 0.5) is 22.9 Å². The number of hydrogen-bond donors (Lipinski definition) is 1. The second-order valence-electron chi connectivity index (χ2n) is 10.00. The Labute approximate surface area is 233 Å². The van der Waals surface area contributed by atoms with Gasteiger partial charge in [0, 0.05) is 11.3 Å². The summed E-state index contributed by atoms with van der Waals surface area (Å²) in [4.78, 5) is 12.7. The number of fused-ring (bicyclic) bond motifs is 4. The highest BCUT2D eigenvalue weighted by Gasteiger charge is 2.41. The van der Waals surface area contributed by atoms with E-state index in [4.69, 9.17) is 19.8 Å². The molecular formula is C33H28N6O. The smallest absolute Gasteiger partial charge is 0.179 e. The first-order valence-corrected chi connectivity index (χ1v) is 13.3. The van der Waals surface area contributed by atoms with E-state index in [2.05, 4.69) is 66.5 Å². The number of amidine groups is 2. The van der Waals surface area contributed by atoms with E-state index < -0.39 is 0 Å². The van der Waals surface area contributed by atoms with Crippen LogP contribution in [0.15, 0.2) is 113 Å². The maximum Gasteiger partial charge on any atom is 0.179 e. The SMILES string of the molecule is COc1cccc(C2c3c(C)nn(-c4ccccc4)c3N=C3C(Nc4cccc(C)c4)=Nc4ccccc4N32)c1. The lowest BCUT2D eigenvalue weighted by molar-refractivity contribution is 0.414. The summed E-state index contributed by atoms with van der Waals surface area (Å²) >= 11 is 0. The van der Waals surface area contributed by atoms with Gasteiger partial charge in [-0.3, -0.25) is 0 Å².